The zero-order valence-corrected chi connectivity index (χ0v) is 20.1. The van der Waals surface area contributed by atoms with Crippen molar-refractivity contribution in [3.8, 4) is 22.8 Å². The molecule has 0 N–H and O–H groups in total. The van der Waals surface area contributed by atoms with Gasteiger partial charge in [-0.15, -0.1) is 0 Å². The van der Waals surface area contributed by atoms with Crippen molar-refractivity contribution in [3.05, 3.63) is 52.7 Å². The minimum atomic E-state index is 0.245. The van der Waals surface area contributed by atoms with Crippen LogP contribution in [0.2, 0.25) is 0 Å². The van der Waals surface area contributed by atoms with E-state index in [4.69, 9.17) is 4.74 Å². The lowest BCUT2D eigenvalue weighted by Crippen LogP contribution is -2.33. The molecule has 2 aromatic carbocycles. The van der Waals surface area contributed by atoms with E-state index in [1.165, 1.54) is 76.4 Å². The molecule has 5 rings (SSSR count). The fourth-order valence-corrected chi connectivity index (χ4v) is 5.78. The molecule has 1 saturated carbocycles. The van der Waals surface area contributed by atoms with Crippen LogP contribution in [0.1, 0.15) is 81.0 Å². The number of fused-ring (bicyclic) bond motifs is 2. The average molecular weight is 415 g/mol. The maximum absolute atomic E-state index is 6.84. The Balaban J connectivity index is 1.78. The van der Waals surface area contributed by atoms with E-state index in [2.05, 4.69) is 76.7 Å². The number of pyridine rings is 1. The minimum Gasteiger partial charge on any atom is -0.449 e. The van der Waals surface area contributed by atoms with Gasteiger partial charge < -0.3 is 4.74 Å². The molecule has 2 heterocycles. The highest BCUT2D eigenvalue weighted by Crippen LogP contribution is 2.51. The minimum absolute atomic E-state index is 0.245. The van der Waals surface area contributed by atoms with Crippen LogP contribution in [-0.4, -0.2) is 0 Å². The Bertz CT molecular complexity index is 1180. The number of rotatable bonds is 2. The molecule has 0 spiro atoms. The highest BCUT2D eigenvalue weighted by molar-refractivity contribution is 6.05. The summed E-state index contributed by atoms with van der Waals surface area (Å²) in [6, 6.07) is 9.37. The summed E-state index contributed by atoms with van der Waals surface area (Å²) in [5.41, 5.74) is 8.38. The molecule has 2 aliphatic rings. The first-order valence-corrected chi connectivity index (χ1v) is 12.0. The van der Waals surface area contributed by atoms with Crippen molar-refractivity contribution in [2.24, 2.45) is 12.5 Å². The lowest BCUT2D eigenvalue weighted by atomic mass is 9.81. The van der Waals surface area contributed by atoms with E-state index in [-0.39, 0.29) is 5.41 Å². The normalized spacial score (nSPS) is 16.3. The molecule has 162 valence electrons. The second-order valence-electron chi connectivity index (χ2n) is 11.1. The molecule has 2 nitrogen and oxygen atoms in total. The lowest BCUT2D eigenvalue weighted by Gasteiger charge is -2.28. The van der Waals surface area contributed by atoms with Gasteiger partial charge in [0.05, 0.1) is 5.56 Å². The zero-order chi connectivity index (χ0) is 21.9. The molecular weight excluding hydrogens is 378 g/mol. The largest absolute Gasteiger partial charge is 0.449 e. The predicted molar refractivity (Wildman–Crippen MR) is 129 cm³/mol. The molecule has 1 aliphatic carbocycles. The van der Waals surface area contributed by atoms with Crippen molar-refractivity contribution in [1.82, 2.24) is 0 Å². The number of benzene rings is 2. The Morgan fingerprint density at radius 1 is 1.03 bits per heavy atom. The summed E-state index contributed by atoms with van der Waals surface area (Å²) >= 11 is 0. The van der Waals surface area contributed by atoms with Crippen molar-refractivity contribution in [1.29, 1.82) is 0 Å². The Morgan fingerprint density at radius 2 is 1.77 bits per heavy atom. The number of aryl methyl sites for hydroxylation is 2. The molecule has 0 bridgehead atoms. The summed E-state index contributed by atoms with van der Waals surface area (Å²) in [6.07, 6.45) is 9.90. The van der Waals surface area contributed by atoms with Gasteiger partial charge in [-0.05, 0) is 72.6 Å². The average Bonchev–Trinajstić information content (AvgIpc) is 2.70. The number of ether oxygens (including phenoxy) is 1. The first kappa shape index (κ1) is 20.5. The standard InChI is InChI=1S/C29H36NO/c1-18-14-22-15-20(17-29(3,4)5)16-24-26(22)25(19(18)2)27-28(31-24)23(12-13-30(27)6)21-10-8-7-9-11-21/h12-16,21H,7-11,17H2,1-6H3/q+1. The summed E-state index contributed by atoms with van der Waals surface area (Å²) < 4.78 is 9.12. The van der Waals surface area contributed by atoms with E-state index in [9.17, 15) is 0 Å². The molecule has 31 heavy (non-hydrogen) atoms. The smallest absolute Gasteiger partial charge is 0.256 e. The van der Waals surface area contributed by atoms with Gasteiger partial charge >= 0.3 is 0 Å². The third kappa shape index (κ3) is 3.54. The van der Waals surface area contributed by atoms with Gasteiger partial charge in [0.1, 0.15) is 12.8 Å². The second-order valence-corrected chi connectivity index (χ2v) is 11.1. The summed E-state index contributed by atoms with van der Waals surface area (Å²) in [4.78, 5) is 0. The van der Waals surface area contributed by atoms with Crippen LogP contribution in [0.15, 0.2) is 30.5 Å². The Morgan fingerprint density at radius 3 is 2.48 bits per heavy atom. The summed E-state index contributed by atoms with van der Waals surface area (Å²) in [7, 11) is 2.17. The Hall–Kier alpha value is -2.35. The van der Waals surface area contributed by atoms with Crippen LogP contribution < -0.4 is 9.30 Å². The van der Waals surface area contributed by atoms with Gasteiger partial charge in [0.25, 0.3) is 5.69 Å². The summed E-state index contributed by atoms with van der Waals surface area (Å²) in [5, 5.41) is 2.59. The highest BCUT2D eigenvalue weighted by Gasteiger charge is 2.34. The maximum Gasteiger partial charge on any atom is 0.256 e. The summed E-state index contributed by atoms with van der Waals surface area (Å²) in [6.45, 7) is 11.5. The SMILES string of the molecule is Cc1cc2cc(CC(C)(C)C)cc3c2c(c1C)-c1c(c(C2CCCCC2)cc[n+]1C)O3. The first-order valence-electron chi connectivity index (χ1n) is 12.0. The van der Waals surface area contributed by atoms with Gasteiger partial charge in [-0.3, -0.25) is 0 Å². The topological polar surface area (TPSA) is 13.1 Å². The number of hydrogen-bond donors (Lipinski definition) is 0. The maximum atomic E-state index is 6.84. The third-order valence-corrected chi connectivity index (χ3v) is 7.32. The molecule has 0 radical (unpaired) electrons. The predicted octanol–water partition coefficient (Wildman–Crippen LogP) is 7.69. The van der Waals surface area contributed by atoms with Crippen LogP contribution >= 0.6 is 0 Å². The van der Waals surface area contributed by atoms with E-state index in [0.29, 0.717) is 5.92 Å². The molecule has 0 unspecified atom stereocenters. The van der Waals surface area contributed by atoms with Crippen LogP contribution in [-0.2, 0) is 13.5 Å². The van der Waals surface area contributed by atoms with Gasteiger partial charge in [0.2, 0.25) is 5.75 Å². The molecule has 3 aromatic rings. The molecule has 0 atom stereocenters. The van der Waals surface area contributed by atoms with E-state index in [1.54, 1.807) is 0 Å². The van der Waals surface area contributed by atoms with Crippen molar-refractivity contribution < 1.29 is 9.30 Å². The third-order valence-electron chi connectivity index (χ3n) is 7.32. The van der Waals surface area contributed by atoms with Crippen LogP contribution in [0.4, 0.5) is 0 Å². The first-order chi connectivity index (χ1) is 14.7. The van der Waals surface area contributed by atoms with Gasteiger partial charge in [-0.2, -0.15) is 4.57 Å². The highest BCUT2D eigenvalue weighted by atomic mass is 16.5. The molecule has 0 saturated heterocycles. The Kier molecular flexibility index (Phi) is 4.88. The fourth-order valence-electron chi connectivity index (χ4n) is 5.78. The monoisotopic (exact) mass is 414 g/mol. The second kappa shape index (κ2) is 7.36. The lowest BCUT2D eigenvalue weighted by molar-refractivity contribution is -0.660. The van der Waals surface area contributed by atoms with Crippen molar-refractivity contribution in [3.63, 3.8) is 0 Å². The molecule has 2 heteroatoms. The van der Waals surface area contributed by atoms with Crippen LogP contribution in [0.5, 0.6) is 11.5 Å². The van der Waals surface area contributed by atoms with E-state index >= 15 is 0 Å². The van der Waals surface area contributed by atoms with Gasteiger partial charge in [-0.25, -0.2) is 0 Å². The van der Waals surface area contributed by atoms with E-state index in [0.717, 1.165) is 17.9 Å². The van der Waals surface area contributed by atoms with E-state index in [1.807, 2.05) is 0 Å². The van der Waals surface area contributed by atoms with Crippen LogP contribution in [0.25, 0.3) is 22.0 Å². The van der Waals surface area contributed by atoms with Gasteiger partial charge in [0, 0.05) is 17.0 Å². The van der Waals surface area contributed by atoms with Gasteiger partial charge in [-0.1, -0.05) is 52.2 Å². The van der Waals surface area contributed by atoms with Gasteiger partial charge in [0.15, 0.2) is 6.20 Å². The van der Waals surface area contributed by atoms with Crippen LogP contribution in [0.3, 0.4) is 0 Å². The van der Waals surface area contributed by atoms with Crippen molar-refractivity contribution >= 4 is 10.8 Å². The number of hydrogen-bond acceptors (Lipinski definition) is 1. The summed E-state index contributed by atoms with van der Waals surface area (Å²) in [5.74, 6) is 2.77. The molecule has 0 amide bonds. The molecule has 1 aliphatic heterocycles. The van der Waals surface area contributed by atoms with Crippen LogP contribution in [0, 0.1) is 19.3 Å². The zero-order valence-electron chi connectivity index (χ0n) is 20.1. The van der Waals surface area contributed by atoms with Crippen molar-refractivity contribution in [2.75, 3.05) is 0 Å². The quantitative estimate of drug-likeness (QED) is 0.306. The van der Waals surface area contributed by atoms with Crippen molar-refractivity contribution in [2.45, 2.75) is 79.1 Å². The molecule has 1 aromatic heterocycles. The fraction of sp³-hybridized carbons (Fsp3) is 0.483. The number of nitrogens with zero attached hydrogens (tertiary/aromatic N) is 1. The Labute approximate surface area is 187 Å². The molecule has 1 fully saturated rings. The van der Waals surface area contributed by atoms with E-state index < -0.39 is 0 Å². The molecular formula is C29H36NO+. The number of aromatic nitrogens is 1.